The molecular weight excluding hydrogens is 216 g/mol. The lowest BCUT2D eigenvalue weighted by molar-refractivity contribution is 0.0942. The Morgan fingerprint density at radius 2 is 2.35 bits per heavy atom. The summed E-state index contributed by atoms with van der Waals surface area (Å²) in [6.45, 7) is 1.91. The Bertz CT molecular complexity index is 449. The number of hydrogen-bond donors (Lipinski definition) is 2. The quantitative estimate of drug-likeness (QED) is 0.609. The van der Waals surface area contributed by atoms with Crippen molar-refractivity contribution in [3.63, 3.8) is 0 Å². The summed E-state index contributed by atoms with van der Waals surface area (Å²) in [6, 6.07) is 4.59. The number of methoxy groups -OCH3 is 1. The minimum Gasteiger partial charge on any atom is -0.496 e. The van der Waals surface area contributed by atoms with Crippen molar-refractivity contribution in [2.45, 2.75) is 19.4 Å². The van der Waals surface area contributed by atoms with Gasteiger partial charge in [-0.2, -0.15) is 0 Å². The number of hydrogen-bond acceptors (Lipinski definition) is 3. The van der Waals surface area contributed by atoms with E-state index in [0.29, 0.717) is 23.4 Å². The zero-order chi connectivity index (χ0) is 12.8. The molecule has 0 aliphatic heterocycles. The van der Waals surface area contributed by atoms with Crippen LogP contribution in [0, 0.1) is 12.3 Å². The molecular formula is C13H16N2O2. The Hall–Kier alpha value is -2.15. The number of nitrogens with two attached hydrogens (primary N) is 1. The number of nitrogen functional groups attached to an aromatic ring is 1. The van der Waals surface area contributed by atoms with Gasteiger partial charge in [0.25, 0.3) is 5.91 Å². The highest BCUT2D eigenvalue weighted by Crippen LogP contribution is 2.21. The second kappa shape index (κ2) is 5.80. The Morgan fingerprint density at radius 1 is 1.65 bits per heavy atom. The van der Waals surface area contributed by atoms with E-state index in [1.54, 1.807) is 18.2 Å². The first-order valence-electron chi connectivity index (χ1n) is 5.32. The first-order chi connectivity index (χ1) is 8.12. The molecule has 4 heteroatoms. The summed E-state index contributed by atoms with van der Waals surface area (Å²) in [6.07, 6.45) is 5.97. The molecule has 0 aromatic heterocycles. The standard InChI is InChI=1S/C13H16N2O2/c1-4-10(5-2)15-13(16)11-7-6-9(14)8-12(11)17-3/h1,6-8,10H,5,14H2,2-3H3,(H,15,16). The van der Waals surface area contributed by atoms with Crippen LogP contribution in [0.3, 0.4) is 0 Å². The lowest BCUT2D eigenvalue weighted by Crippen LogP contribution is -2.33. The molecule has 0 bridgehead atoms. The van der Waals surface area contributed by atoms with Gasteiger partial charge in [0.05, 0.1) is 18.7 Å². The Morgan fingerprint density at radius 3 is 2.88 bits per heavy atom. The van der Waals surface area contributed by atoms with E-state index in [4.69, 9.17) is 16.9 Å². The van der Waals surface area contributed by atoms with Crippen LogP contribution in [0.15, 0.2) is 18.2 Å². The fraction of sp³-hybridized carbons (Fsp3) is 0.308. The second-order valence-electron chi connectivity index (χ2n) is 3.56. The molecule has 3 N–H and O–H groups in total. The van der Waals surface area contributed by atoms with Crippen LogP contribution < -0.4 is 15.8 Å². The number of amides is 1. The lowest BCUT2D eigenvalue weighted by atomic mass is 10.1. The van der Waals surface area contributed by atoms with Crippen LogP contribution >= 0.6 is 0 Å². The molecule has 0 radical (unpaired) electrons. The molecule has 1 atom stereocenters. The van der Waals surface area contributed by atoms with Crippen molar-refractivity contribution in [1.82, 2.24) is 5.32 Å². The molecule has 4 nitrogen and oxygen atoms in total. The van der Waals surface area contributed by atoms with Crippen molar-refractivity contribution < 1.29 is 9.53 Å². The lowest BCUT2D eigenvalue weighted by Gasteiger charge is -2.13. The Kier molecular flexibility index (Phi) is 4.41. The van der Waals surface area contributed by atoms with Gasteiger partial charge in [-0.15, -0.1) is 6.42 Å². The molecule has 1 aromatic rings. The molecule has 0 aliphatic carbocycles. The van der Waals surface area contributed by atoms with Gasteiger partial charge in [-0.05, 0) is 18.6 Å². The van der Waals surface area contributed by atoms with Gasteiger partial charge in [-0.1, -0.05) is 12.8 Å². The fourth-order valence-corrected chi connectivity index (χ4v) is 1.39. The van der Waals surface area contributed by atoms with E-state index in [-0.39, 0.29) is 11.9 Å². The van der Waals surface area contributed by atoms with Crippen molar-refractivity contribution in [2.75, 3.05) is 12.8 Å². The zero-order valence-corrected chi connectivity index (χ0v) is 9.99. The van der Waals surface area contributed by atoms with Crippen molar-refractivity contribution in [2.24, 2.45) is 0 Å². The van der Waals surface area contributed by atoms with E-state index >= 15 is 0 Å². The number of carbonyl (C=O) groups excluding carboxylic acids is 1. The third kappa shape index (κ3) is 3.15. The topological polar surface area (TPSA) is 64.4 Å². The van der Waals surface area contributed by atoms with E-state index in [2.05, 4.69) is 11.2 Å². The van der Waals surface area contributed by atoms with Crippen molar-refractivity contribution in [3.05, 3.63) is 23.8 Å². The minimum absolute atomic E-state index is 0.258. The molecule has 1 rings (SSSR count). The first-order valence-corrected chi connectivity index (χ1v) is 5.32. The van der Waals surface area contributed by atoms with Crippen LogP contribution in [0.1, 0.15) is 23.7 Å². The third-order valence-corrected chi connectivity index (χ3v) is 2.38. The number of anilines is 1. The Labute approximate surface area is 101 Å². The average molecular weight is 232 g/mol. The highest BCUT2D eigenvalue weighted by molar-refractivity contribution is 5.97. The largest absolute Gasteiger partial charge is 0.496 e. The maximum atomic E-state index is 11.9. The number of ether oxygens (including phenoxy) is 1. The zero-order valence-electron chi connectivity index (χ0n) is 9.99. The van der Waals surface area contributed by atoms with Crippen LogP contribution in [-0.2, 0) is 0 Å². The molecule has 17 heavy (non-hydrogen) atoms. The van der Waals surface area contributed by atoms with Crippen LogP contribution in [0.25, 0.3) is 0 Å². The van der Waals surface area contributed by atoms with Crippen LogP contribution in [0.5, 0.6) is 5.75 Å². The SMILES string of the molecule is C#CC(CC)NC(=O)c1ccc(N)cc1OC. The van der Waals surface area contributed by atoms with Crippen LogP contribution in [0.4, 0.5) is 5.69 Å². The molecule has 90 valence electrons. The second-order valence-corrected chi connectivity index (χ2v) is 3.56. The molecule has 0 spiro atoms. The number of terminal acetylenes is 1. The van der Waals surface area contributed by atoms with Gasteiger partial charge in [-0.25, -0.2) is 0 Å². The van der Waals surface area contributed by atoms with Gasteiger partial charge in [0, 0.05) is 11.8 Å². The van der Waals surface area contributed by atoms with Crippen LogP contribution in [0.2, 0.25) is 0 Å². The highest BCUT2D eigenvalue weighted by Gasteiger charge is 2.14. The highest BCUT2D eigenvalue weighted by atomic mass is 16.5. The van der Waals surface area contributed by atoms with Crippen molar-refractivity contribution in [1.29, 1.82) is 0 Å². The number of nitrogens with one attached hydrogen (secondary N) is 1. The molecule has 0 saturated heterocycles. The van der Waals surface area contributed by atoms with E-state index < -0.39 is 0 Å². The van der Waals surface area contributed by atoms with Crippen LogP contribution in [-0.4, -0.2) is 19.1 Å². The molecule has 1 amide bonds. The predicted octanol–water partition coefficient (Wildman–Crippen LogP) is 1.42. The monoisotopic (exact) mass is 232 g/mol. The van der Waals surface area contributed by atoms with E-state index in [0.717, 1.165) is 0 Å². The summed E-state index contributed by atoms with van der Waals surface area (Å²) in [7, 11) is 1.49. The predicted molar refractivity (Wildman–Crippen MR) is 67.8 cm³/mol. The number of rotatable bonds is 4. The molecule has 0 aliphatic rings. The van der Waals surface area contributed by atoms with E-state index in [1.165, 1.54) is 7.11 Å². The van der Waals surface area contributed by atoms with Gasteiger partial charge in [0.15, 0.2) is 0 Å². The minimum atomic E-state index is -0.273. The van der Waals surface area contributed by atoms with Gasteiger partial charge >= 0.3 is 0 Å². The third-order valence-electron chi connectivity index (χ3n) is 2.38. The molecule has 1 aromatic carbocycles. The van der Waals surface area contributed by atoms with Gasteiger partial charge in [0.1, 0.15) is 5.75 Å². The number of benzene rings is 1. The van der Waals surface area contributed by atoms with E-state index in [9.17, 15) is 4.79 Å². The van der Waals surface area contributed by atoms with Gasteiger partial charge < -0.3 is 15.8 Å². The summed E-state index contributed by atoms with van der Waals surface area (Å²) in [5.74, 6) is 2.69. The first kappa shape index (κ1) is 12.9. The molecule has 0 heterocycles. The van der Waals surface area contributed by atoms with Gasteiger partial charge in [-0.3, -0.25) is 4.79 Å². The van der Waals surface area contributed by atoms with E-state index in [1.807, 2.05) is 6.92 Å². The molecule has 1 unspecified atom stereocenters. The summed E-state index contributed by atoms with van der Waals surface area (Å²) >= 11 is 0. The maximum Gasteiger partial charge on any atom is 0.256 e. The molecule has 0 saturated carbocycles. The Balaban J connectivity index is 2.93. The molecule has 0 fully saturated rings. The van der Waals surface area contributed by atoms with Crippen molar-refractivity contribution in [3.8, 4) is 18.1 Å². The van der Waals surface area contributed by atoms with Gasteiger partial charge in [0.2, 0.25) is 0 Å². The fourth-order valence-electron chi connectivity index (χ4n) is 1.39. The summed E-state index contributed by atoms with van der Waals surface area (Å²) in [5.41, 5.74) is 6.58. The number of carbonyl (C=O) groups is 1. The summed E-state index contributed by atoms with van der Waals surface area (Å²) in [4.78, 5) is 11.9. The van der Waals surface area contributed by atoms with Crippen molar-refractivity contribution >= 4 is 11.6 Å². The maximum absolute atomic E-state index is 11.9. The smallest absolute Gasteiger partial charge is 0.256 e. The normalized spacial score (nSPS) is 11.4. The average Bonchev–Trinajstić information content (AvgIpc) is 2.35. The summed E-state index contributed by atoms with van der Waals surface area (Å²) in [5, 5.41) is 2.73. The summed E-state index contributed by atoms with van der Waals surface area (Å²) < 4.78 is 5.10.